The molecule has 1 aliphatic rings. The van der Waals surface area contributed by atoms with E-state index in [1.54, 1.807) is 25.7 Å². The van der Waals surface area contributed by atoms with Crippen LogP contribution < -0.4 is 14.5 Å². The number of pyridine rings is 1. The van der Waals surface area contributed by atoms with Crippen molar-refractivity contribution >= 4 is 27.7 Å². The summed E-state index contributed by atoms with van der Waals surface area (Å²) in [5.41, 5.74) is 0. The Kier molecular flexibility index (Phi) is 4.19. The first-order valence-electron chi connectivity index (χ1n) is 6.74. The fourth-order valence-electron chi connectivity index (χ4n) is 2.30. The summed E-state index contributed by atoms with van der Waals surface area (Å²) in [6.45, 7) is 3.53. The normalized spacial score (nSPS) is 15.1. The molecular formula is C14H16BrN5O. The van der Waals surface area contributed by atoms with E-state index in [0.717, 1.165) is 48.2 Å². The molecule has 1 fully saturated rings. The van der Waals surface area contributed by atoms with Crippen LogP contribution in [0.3, 0.4) is 0 Å². The average molecular weight is 350 g/mol. The van der Waals surface area contributed by atoms with Crippen molar-refractivity contribution in [2.24, 2.45) is 0 Å². The molecule has 7 heteroatoms. The van der Waals surface area contributed by atoms with Gasteiger partial charge in [0.15, 0.2) is 0 Å². The lowest BCUT2D eigenvalue weighted by molar-refractivity contribution is 0.414. The van der Waals surface area contributed by atoms with Crippen molar-refractivity contribution < 1.29 is 4.74 Å². The van der Waals surface area contributed by atoms with Crippen LogP contribution in [-0.4, -0.2) is 48.2 Å². The van der Waals surface area contributed by atoms with Crippen LogP contribution in [0, 0.1) is 0 Å². The Bertz CT molecular complexity index is 599. The zero-order valence-corrected chi connectivity index (χ0v) is 13.3. The smallest absolute Gasteiger partial charge is 0.225 e. The number of hydrogen-bond acceptors (Lipinski definition) is 6. The van der Waals surface area contributed by atoms with Crippen molar-refractivity contribution in [2.45, 2.75) is 0 Å². The minimum absolute atomic E-state index is 0.774. The molecule has 2 aromatic heterocycles. The molecule has 0 amide bonds. The van der Waals surface area contributed by atoms with Gasteiger partial charge in [0, 0.05) is 50.8 Å². The van der Waals surface area contributed by atoms with Gasteiger partial charge in [-0.25, -0.2) is 15.0 Å². The average Bonchev–Trinajstić information content (AvgIpc) is 2.56. The van der Waals surface area contributed by atoms with Crippen LogP contribution in [0.2, 0.25) is 0 Å². The van der Waals surface area contributed by atoms with E-state index in [9.17, 15) is 0 Å². The summed E-state index contributed by atoms with van der Waals surface area (Å²) in [5.74, 6) is 2.56. The van der Waals surface area contributed by atoms with Crippen LogP contribution >= 0.6 is 15.9 Å². The summed E-state index contributed by atoms with van der Waals surface area (Å²) in [4.78, 5) is 17.5. The van der Waals surface area contributed by atoms with Gasteiger partial charge >= 0.3 is 0 Å². The Morgan fingerprint density at radius 2 is 1.71 bits per heavy atom. The molecule has 110 valence electrons. The van der Waals surface area contributed by atoms with Gasteiger partial charge in [-0.3, -0.25) is 0 Å². The molecule has 0 spiro atoms. The highest BCUT2D eigenvalue weighted by Gasteiger charge is 2.20. The minimum atomic E-state index is 0.774. The predicted molar refractivity (Wildman–Crippen MR) is 84.9 cm³/mol. The number of anilines is 2. The highest BCUT2D eigenvalue weighted by atomic mass is 79.9. The van der Waals surface area contributed by atoms with Gasteiger partial charge in [0.2, 0.25) is 5.95 Å². The van der Waals surface area contributed by atoms with E-state index >= 15 is 0 Å². The number of rotatable bonds is 3. The number of nitrogens with zero attached hydrogens (tertiary/aromatic N) is 5. The number of ether oxygens (including phenoxy) is 1. The first-order valence-corrected chi connectivity index (χ1v) is 7.53. The third-order valence-corrected chi connectivity index (χ3v) is 3.86. The van der Waals surface area contributed by atoms with E-state index in [0.29, 0.717) is 0 Å². The molecule has 0 aromatic carbocycles. The molecule has 0 bridgehead atoms. The summed E-state index contributed by atoms with van der Waals surface area (Å²) in [6.07, 6.45) is 5.33. The van der Waals surface area contributed by atoms with Crippen LogP contribution in [0.4, 0.5) is 11.8 Å². The van der Waals surface area contributed by atoms with Gasteiger partial charge in [0.05, 0.1) is 11.6 Å². The molecule has 3 heterocycles. The number of hydrogen-bond donors (Lipinski definition) is 0. The van der Waals surface area contributed by atoms with Gasteiger partial charge in [-0.05, 0) is 22.0 Å². The van der Waals surface area contributed by atoms with Crippen LogP contribution in [0.15, 0.2) is 35.2 Å². The van der Waals surface area contributed by atoms with Gasteiger partial charge in [-0.15, -0.1) is 0 Å². The monoisotopic (exact) mass is 349 g/mol. The van der Waals surface area contributed by atoms with E-state index in [2.05, 4.69) is 40.7 Å². The molecule has 1 saturated heterocycles. The Hall–Kier alpha value is -1.89. The van der Waals surface area contributed by atoms with E-state index < -0.39 is 0 Å². The third kappa shape index (κ3) is 3.24. The third-order valence-electron chi connectivity index (χ3n) is 3.45. The van der Waals surface area contributed by atoms with Crippen LogP contribution in [0.25, 0.3) is 0 Å². The van der Waals surface area contributed by atoms with Crippen LogP contribution in [-0.2, 0) is 0 Å². The largest absolute Gasteiger partial charge is 0.497 e. The number of piperazine rings is 1. The fourth-order valence-corrected chi connectivity index (χ4v) is 2.51. The fraction of sp³-hybridized carbons (Fsp3) is 0.357. The second-order valence-corrected chi connectivity index (χ2v) is 5.64. The van der Waals surface area contributed by atoms with Crippen molar-refractivity contribution in [1.29, 1.82) is 0 Å². The van der Waals surface area contributed by atoms with Crippen molar-refractivity contribution in [1.82, 2.24) is 15.0 Å². The SMILES string of the molecule is COc1ccnc(N2CCN(c3ncc(Br)cn3)CC2)c1. The molecule has 6 nitrogen and oxygen atoms in total. The van der Waals surface area contributed by atoms with E-state index in [4.69, 9.17) is 4.74 Å². The van der Waals surface area contributed by atoms with Gasteiger partial charge in [-0.2, -0.15) is 0 Å². The molecule has 2 aromatic rings. The molecule has 0 radical (unpaired) electrons. The molecule has 1 aliphatic heterocycles. The zero-order valence-electron chi connectivity index (χ0n) is 11.7. The van der Waals surface area contributed by atoms with Gasteiger partial charge in [0.1, 0.15) is 11.6 Å². The van der Waals surface area contributed by atoms with Crippen molar-refractivity contribution in [3.8, 4) is 5.75 Å². The lowest BCUT2D eigenvalue weighted by Gasteiger charge is -2.35. The quantitative estimate of drug-likeness (QED) is 0.844. The highest BCUT2D eigenvalue weighted by Crippen LogP contribution is 2.20. The molecule has 0 aliphatic carbocycles. The molecule has 0 unspecified atom stereocenters. The van der Waals surface area contributed by atoms with Gasteiger partial charge in [-0.1, -0.05) is 0 Å². The maximum Gasteiger partial charge on any atom is 0.225 e. The molecular weight excluding hydrogens is 334 g/mol. The number of methoxy groups -OCH3 is 1. The Labute approximate surface area is 131 Å². The highest BCUT2D eigenvalue weighted by molar-refractivity contribution is 9.10. The van der Waals surface area contributed by atoms with Crippen molar-refractivity contribution in [3.63, 3.8) is 0 Å². The molecule has 3 rings (SSSR count). The maximum absolute atomic E-state index is 5.25. The maximum atomic E-state index is 5.25. The van der Waals surface area contributed by atoms with Crippen LogP contribution in [0.1, 0.15) is 0 Å². The Balaban J connectivity index is 1.65. The standard InChI is InChI=1S/C14H16BrN5O/c1-21-12-2-3-16-13(8-12)19-4-6-20(7-5-19)14-17-9-11(15)10-18-14/h2-3,8-10H,4-7H2,1H3. The topological polar surface area (TPSA) is 54.4 Å². The van der Waals surface area contributed by atoms with Crippen molar-refractivity contribution in [2.75, 3.05) is 43.1 Å². The number of halogens is 1. The summed E-state index contributed by atoms with van der Waals surface area (Å²) in [7, 11) is 1.67. The second-order valence-electron chi connectivity index (χ2n) is 4.73. The Morgan fingerprint density at radius 3 is 2.38 bits per heavy atom. The molecule has 21 heavy (non-hydrogen) atoms. The second kappa shape index (κ2) is 6.26. The van der Waals surface area contributed by atoms with E-state index in [-0.39, 0.29) is 0 Å². The summed E-state index contributed by atoms with van der Waals surface area (Å²) >= 11 is 3.35. The molecule has 0 N–H and O–H groups in total. The van der Waals surface area contributed by atoms with E-state index in [1.807, 2.05) is 12.1 Å². The van der Waals surface area contributed by atoms with Gasteiger partial charge in [0.25, 0.3) is 0 Å². The first kappa shape index (κ1) is 14.1. The summed E-state index contributed by atoms with van der Waals surface area (Å²) in [5, 5.41) is 0. The Morgan fingerprint density at radius 1 is 1.05 bits per heavy atom. The van der Waals surface area contributed by atoms with Gasteiger partial charge < -0.3 is 14.5 Å². The number of aromatic nitrogens is 3. The van der Waals surface area contributed by atoms with E-state index in [1.165, 1.54) is 0 Å². The van der Waals surface area contributed by atoms with Crippen molar-refractivity contribution in [3.05, 3.63) is 35.2 Å². The first-order chi connectivity index (χ1) is 10.3. The predicted octanol–water partition coefficient (Wildman–Crippen LogP) is 1.97. The summed E-state index contributed by atoms with van der Waals surface area (Å²) in [6, 6.07) is 3.82. The molecule has 0 atom stereocenters. The molecule has 0 saturated carbocycles. The van der Waals surface area contributed by atoms with Crippen LogP contribution in [0.5, 0.6) is 5.75 Å². The lowest BCUT2D eigenvalue weighted by Crippen LogP contribution is -2.47. The lowest BCUT2D eigenvalue weighted by atomic mass is 10.3. The summed E-state index contributed by atoms with van der Waals surface area (Å²) < 4.78 is 6.14. The minimum Gasteiger partial charge on any atom is -0.497 e. The zero-order chi connectivity index (χ0) is 14.7.